The minimum Gasteiger partial charge on any atom is -0.348 e. The first kappa shape index (κ1) is 15.5. The highest BCUT2D eigenvalue weighted by Crippen LogP contribution is 2.17. The molecule has 0 spiro atoms. The third kappa shape index (κ3) is 3.62. The number of allylic oxidation sites excluding steroid dienone is 2. The Kier molecular flexibility index (Phi) is 4.98. The number of rotatable bonds is 3. The molecule has 2 rings (SSSR count). The molecule has 1 aliphatic carbocycles. The van der Waals surface area contributed by atoms with E-state index in [0.717, 1.165) is 19.3 Å². The van der Waals surface area contributed by atoms with E-state index in [4.69, 9.17) is 0 Å². The number of hydrogen-bond donors (Lipinski definition) is 0. The van der Waals surface area contributed by atoms with Crippen LogP contribution in [0.4, 0.5) is 5.95 Å². The molecule has 6 heteroatoms. The van der Waals surface area contributed by atoms with Crippen LogP contribution in [0, 0.1) is 5.92 Å². The lowest BCUT2D eigenvalue weighted by Gasteiger charge is -2.19. The third-order valence-electron chi connectivity index (χ3n) is 3.92. The fourth-order valence-corrected chi connectivity index (χ4v) is 2.74. The monoisotopic (exact) mass is 292 g/mol. The maximum absolute atomic E-state index is 12.4. The van der Waals surface area contributed by atoms with Gasteiger partial charge in [0, 0.05) is 27.7 Å². The van der Waals surface area contributed by atoms with Crippen molar-refractivity contribution in [3.8, 4) is 0 Å². The molecule has 0 amide bonds. The Labute approximate surface area is 124 Å². The van der Waals surface area contributed by atoms with Crippen LogP contribution in [0.2, 0.25) is 0 Å². The van der Waals surface area contributed by atoms with Crippen LogP contribution >= 0.6 is 0 Å². The number of anilines is 1. The van der Waals surface area contributed by atoms with Crippen molar-refractivity contribution >= 4 is 5.95 Å². The van der Waals surface area contributed by atoms with Crippen molar-refractivity contribution in [3.63, 3.8) is 0 Å². The van der Waals surface area contributed by atoms with E-state index in [1.807, 2.05) is 0 Å². The Morgan fingerprint density at radius 2 is 2.05 bits per heavy atom. The molecule has 0 fully saturated rings. The van der Waals surface area contributed by atoms with Gasteiger partial charge in [-0.3, -0.25) is 4.57 Å². The average Bonchev–Trinajstić information content (AvgIpc) is 2.40. The van der Waals surface area contributed by atoms with Crippen molar-refractivity contribution in [1.82, 2.24) is 14.1 Å². The molecule has 116 valence electrons. The van der Waals surface area contributed by atoms with Gasteiger partial charge in [-0.25, -0.2) is 14.2 Å². The second kappa shape index (κ2) is 6.74. The summed E-state index contributed by atoms with van der Waals surface area (Å²) in [5.74, 6) is 0.622. The van der Waals surface area contributed by atoms with Crippen LogP contribution in [-0.2, 0) is 13.6 Å². The zero-order valence-electron chi connectivity index (χ0n) is 13.1. The van der Waals surface area contributed by atoms with Gasteiger partial charge in [-0.15, -0.1) is 0 Å². The Hall–Kier alpha value is -1.85. The van der Waals surface area contributed by atoms with Crippen molar-refractivity contribution in [2.24, 2.45) is 13.0 Å². The van der Waals surface area contributed by atoms with Crippen molar-refractivity contribution in [3.05, 3.63) is 33.1 Å². The summed E-state index contributed by atoms with van der Waals surface area (Å²) < 4.78 is 2.68. The van der Waals surface area contributed by atoms with Gasteiger partial charge in [0.2, 0.25) is 5.95 Å². The first-order valence-electron chi connectivity index (χ1n) is 7.52. The normalized spacial score (nSPS) is 19.1. The summed E-state index contributed by atoms with van der Waals surface area (Å²) in [7, 11) is 5.18. The second-order valence-corrected chi connectivity index (χ2v) is 5.87. The predicted octanol–water partition coefficient (Wildman–Crippen LogP) is 1.14. The van der Waals surface area contributed by atoms with Crippen molar-refractivity contribution in [1.29, 1.82) is 0 Å². The van der Waals surface area contributed by atoms with Gasteiger partial charge in [0.1, 0.15) is 0 Å². The Morgan fingerprint density at radius 3 is 2.76 bits per heavy atom. The molecule has 0 N–H and O–H groups in total. The summed E-state index contributed by atoms with van der Waals surface area (Å²) in [5.41, 5.74) is -0.758. The first-order chi connectivity index (χ1) is 10.0. The van der Waals surface area contributed by atoms with Gasteiger partial charge in [-0.2, -0.15) is 4.98 Å². The summed E-state index contributed by atoms with van der Waals surface area (Å²) in [6.45, 7) is 0.419. The first-order valence-corrected chi connectivity index (χ1v) is 7.52. The number of hydrogen-bond acceptors (Lipinski definition) is 4. The summed E-state index contributed by atoms with van der Waals surface area (Å²) >= 11 is 0. The Balaban J connectivity index is 2.32. The number of aromatic nitrogens is 3. The van der Waals surface area contributed by atoms with Crippen LogP contribution in [0.25, 0.3) is 0 Å². The molecule has 1 atom stereocenters. The molecule has 0 saturated heterocycles. The molecule has 0 radical (unpaired) electrons. The predicted molar refractivity (Wildman–Crippen MR) is 83.8 cm³/mol. The summed E-state index contributed by atoms with van der Waals surface area (Å²) in [6, 6.07) is 0. The minimum atomic E-state index is -0.461. The second-order valence-electron chi connectivity index (χ2n) is 5.87. The molecular weight excluding hydrogens is 268 g/mol. The highest BCUT2D eigenvalue weighted by Gasteiger charge is 2.15. The van der Waals surface area contributed by atoms with Crippen LogP contribution in [0.1, 0.15) is 32.1 Å². The zero-order valence-corrected chi connectivity index (χ0v) is 13.1. The van der Waals surface area contributed by atoms with Gasteiger partial charge in [0.15, 0.2) is 0 Å². The van der Waals surface area contributed by atoms with Crippen LogP contribution < -0.4 is 16.3 Å². The lowest BCUT2D eigenvalue weighted by molar-refractivity contribution is 0.428. The van der Waals surface area contributed by atoms with Gasteiger partial charge in [-0.05, 0) is 25.2 Å². The molecule has 1 aromatic rings. The Morgan fingerprint density at radius 1 is 1.29 bits per heavy atom. The lowest BCUT2D eigenvalue weighted by atomic mass is 9.96. The maximum Gasteiger partial charge on any atom is 0.354 e. The van der Waals surface area contributed by atoms with Crippen molar-refractivity contribution in [2.45, 2.75) is 38.6 Å². The quantitative estimate of drug-likeness (QED) is 0.784. The summed E-state index contributed by atoms with van der Waals surface area (Å²) in [5, 5.41) is 0. The van der Waals surface area contributed by atoms with Crippen molar-refractivity contribution < 1.29 is 0 Å². The molecule has 0 aromatic carbocycles. The topological polar surface area (TPSA) is 60.1 Å². The van der Waals surface area contributed by atoms with Gasteiger partial charge in [0.25, 0.3) is 0 Å². The van der Waals surface area contributed by atoms with E-state index < -0.39 is 5.69 Å². The van der Waals surface area contributed by atoms with Crippen molar-refractivity contribution in [2.75, 3.05) is 19.0 Å². The molecule has 21 heavy (non-hydrogen) atoms. The van der Waals surface area contributed by atoms with E-state index in [1.165, 1.54) is 22.0 Å². The summed E-state index contributed by atoms with van der Waals surface area (Å²) in [6.07, 6.45) is 10.00. The van der Waals surface area contributed by atoms with E-state index >= 15 is 0 Å². The van der Waals surface area contributed by atoms with Crippen LogP contribution in [0.15, 0.2) is 21.7 Å². The van der Waals surface area contributed by atoms with E-state index in [9.17, 15) is 9.59 Å². The summed E-state index contributed by atoms with van der Waals surface area (Å²) in [4.78, 5) is 30.2. The average molecular weight is 292 g/mol. The fraction of sp³-hybridized carbons (Fsp3) is 0.667. The highest BCUT2D eigenvalue weighted by atomic mass is 16.2. The van der Waals surface area contributed by atoms with Gasteiger partial charge in [-0.1, -0.05) is 25.0 Å². The molecule has 1 unspecified atom stereocenters. The molecule has 1 aromatic heterocycles. The maximum atomic E-state index is 12.4. The minimum absolute atomic E-state index is 0.239. The van der Waals surface area contributed by atoms with Crippen LogP contribution in [0.5, 0.6) is 0 Å². The van der Waals surface area contributed by atoms with E-state index in [-0.39, 0.29) is 11.6 Å². The standard InChI is InChI=1S/C15H24N4O2/c1-17(2)13-16-14(20)19(15(21)18(13)3)11-12-9-7-5-4-6-8-10-12/h7,9,12H,4-6,8,10-11H2,1-3H3. The molecule has 1 aliphatic rings. The fourth-order valence-electron chi connectivity index (χ4n) is 2.74. The molecule has 1 heterocycles. The molecule has 6 nitrogen and oxygen atoms in total. The van der Waals surface area contributed by atoms with Gasteiger partial charge < -0.3 is 4.90 Å². The largest absolute Gasteiger partial charge is 0.354 e. The lowest BCUT2D eigenvalue weighted by Crippen LogP contribution is -2.44. The smallest absolute Gasteiger partial charge is 0.348 e. The van der Waals surface area contributed by atoms with Crippen LogP contribution in [-0.4, -0.2) is 28.2 Å². The van der Waals surface area contributed by atoms with Gasteiger partial charge in [0.05, 0.1) is 0 Å². The molecule has 0 aliphatic heterocycles. The molecule has 0 saturated carbocycles. The van der Waals surface area contributed by atoms with E-state index in [1.54, 1.807) is 26.0 Å². The molecular formula is C15H24N4O2. The van der Waals surface area contributed by atoms with E-state index in [2.05, 4.69) is 17.1 Å². The highest BCUT2D eigenvalue weighted by molar-refractivity contribution is 5.25. The third-order valence-corrected chi connectivity index (χ3v) is 3.92. The Bertz CT molecular complexity index is 628. The zero-order chi connectivity index (χ0) is 15.4. The SMILES string of the molecule is CN(C)c1nc(=O)n(CC2C=CCCCCC2)c(=O)n1C. The van der Waals surface area contributed by atoms with E-state index in [0.29, 0.717) is 12.5 Å². The van der Waals surface area contributed by atoms with Gasteiger partial charge >= 0.3 is 11.4 Å². The van der Waals surface area contributed by atoms with Crippen LogP contribution in [0.3, 0.4) is 0 Å². The molecule has 0 bridgehead atoms. The number of nitrogens with zero attached hydrogens (tertiary/aromatic N) is 4.